The molecule has 4 nitrogen and oxygen atoms in total. The highest BCUT2D eigenvalue weighted by atomic mass is 19.3. The second kappa shape index (κ2) is 7.87. The summed E-state index contributed by atoms with van der Waals surface area (Å²) in [6.07, 6.45) is -0.934. The molecule has 0 saturated heterocycles. The predicted octanol–water partition coefficient (Wildman–Crippen LogP) is 5.31. The van der Waals surface area contributed by atoms with Crippen molar-refractivity contribution in [2.75, 3.05) is 5.32 Å². The van der Waals surface area contributed by atoms with Gasteiger partial charge in [-0.05, 0) is 18.2 Å². The Hall–Kier alpha value is -3.11. The molecule has 0 aliphatic rings. The van der Waals surface area contributed by atoms with Crippen LogP contribution >= 0.6 is 0 Å². The molecule has 2 aromatic heterocycles. The summed E-state index contributed by atoms with van der Waals surface area (Å²) >= 11 is 0. The third-order valence-corrected chi connectivity index (χ3v) is 3.85. The molecular formula is C17H11F7N4. The van der Waals surface area contributed by atoms with Crippen LogP contribution in [0.3, 0.4) is 0 Å². The summed E-state index contributed by atoms with van der Waals surface area (Å²) in [7, 11) is 0. The highest BCUT2D eigenvalue weighted by Gasteiger charge is 2.24. The minimum absolute atomic E-state index is 0.0113. The second-order valence-electron chi connectivity index (χ2n) is 5.62. The molecule has 0 aliphatic heterocycles. The molecule has 0 aliphatic carbocycles. The Morgan fingerprint density at radius 1 is 0.929 bits per heavy atom. The Morgan fingerprint density at radius 3 is 2.18 bits per heavy atom. The van der Waals surface area contributed by atoms with Gasteiger partial charge in [0.05, 0.1) is 12.4 Å². The molecule has 148 valence electrons. The first-order valence-electron chi connectivity index (χ1n) is 7.75. The molecule has 28 heavy (non-hydrogen) atoms. The van der Waals surface area contributed by atoms with Crippen molar-refractivity contribution in [1.82, 2.24) is 14.8 Å². The topological polar surface area (TPSA) is 42.7 Å². The van der Waals surface area contributed by atoms with Crippen LogP contribution in [0, 0.1) is 17.5 Å². The van der Waals surface area contributed by atoms with E-state index in [0.29, 0.717) is 6.20 Å². The molecule has 11 heteroatoms. The summed E-state index contributed by atoms with van der Waals surface area (Å²) in [4.78, 5) is 3.34. The van der Waals surface area contributed by atoms with E-state index in [1.54, 1.807) is 0 Å². The normalized spacial score (nSPS) is 11.5. The van der Waals surface area contributed by atoms with E-state index >= 15 is 0 Å². The Morgan fingerprint density at radius 2 is 1.61 bits per heavy atom. The highest BCUT2D eigenvalue weighted by molar-refractivity contribution is 5.68. The number of nitrogens with one attached hydrogen (secondary N) is 1. The zero-order valence-corrected chi connectivity index (χ0v) is 13.8. The van der Waals surface area contributed by atoms with Crippen LogP contribution in [0.5, 0.6) is 0 Å². The van der Waals surface area contributed by atoms with Crippen molar-refractivity contribution in [2.45, 2.75) is 19.5 Å². The van der Waals surface area contributed by atoms with Crippen LogP contribution in [0.15, 0.2) is 36.8 Å². The Kier molecular flexibility index (Phi) is 5.52. The fourth-order valence-corrected chi connectivity index (χ4v) is 2.52. The molecule has 0 spiro atoms. The van der Waals surface area contributed by atoms with Gasteiger partial charge in [-0.1, -0.05) is 0 Å². The van der Waals surface area contributed by atoms with Gasteiger partial charge in [0.1, 0.15) is 23.1 Å². The summed E-state index contributed by atoms with van der Waals surface area (Å²) in [6, 6.07) is 3.22. The number of hydrogen-bond acceptors (Lipinski definition) is 3. The predicted molar refractivity (Wildman–Crippen MR) is 85.3 cm³/mol. The van der Waals surface area contributed by atoms with Gasteiger partial charge in [0, 0.05) is 35.1 Å². The molecule has 0 saturated carbocycles. The number of halogens is 7. The third-order valence-electron chi connectivity index (χ3n) is 3.85. The number of anilines is 1. The molecule has 1 N–H and O–H groups in total. The van der Waals surface area contributed by atoms with Gasteiger partial charge in [-0.3, -0.25) is 4.98 Å². The van der Waals surface area contributed by atoms with E-state index in [1.807, 2.05) is 0 Å². The number of benzene rings is 1. The Balaban J connectivity index is 1.87. The molecule has 3 rings (SSSR count). The minimum atomic E-state index is -3.19. The van der Waals surface area contributed by atoms with Crippen molar-refractivity contribution in [1.29, 1.82) is 0 Å². The monoisotopic (exact) mass is 404 g/mol. The number of nitrogens with zero attached hydrogens (tertiary/aromatic N) is 3. The SMILES string of the molecule is Fc1cc(NCc2c(F)cncc2F)ccc1-c1cn(C(F)F)nc1C(F)F. The first-order valence-corrected chi connectivity index (χ1v) is 7.75. The molecule has 0 bridgehead atoms. The van der Waals surface area contributed by atoms with E-state index in [2.05, 4.69) is 15.4 Å². The molecule has 0 radical (unpaired) electrons. The summed E-state index contributed by atoms with van der Waals surface area (Å²) in [6.45, 7) is -3.50. The van der Waals surface area contributed by atoms with Crippen LogP contribution < -0.4 is 5.32 Å². The van der Waals surface area contributed by atoms with Gasteiger partial charge in [-0.25, -0.2) is 26.6 Å². The van der Waals surface area contributed by atoms with E-state index in [9.17, 15) is 30.7 Å². The molecule has 0 fully saturated rings. The summed E-state index contributed by atoms with van der Waals surface area (Å²) in [5.74, 6) is -2.80. The molecule has 1 aromatic carbocycles. The summed E-state index contributed by atoms with van der Waals surface area (Å²) < 4.78 is 93.1. The van der Waals surface area contributed by atoms with Crippen LogP contribution in [0.2, 0.25) is 0 Å². The largest absolute Gasteiger partial charge is 0.381 e. The van der Waals surface area contributed by atoms with Crippen molar-refractivity contribution >= 4 is 5.69 Å². The first-order chi connectivity index (χ1) is 13.3. The number of pyridine rings is 1. The molecule has 0 amide bonds. The molecule has 3 aromatic rings. The summed E-state index contributed by atoms with van der Waals surface area (Å²) in [5.41, 5.74) is -2.06. The average Bonchev–Trinajstić information content (AvgIpc) is 3.07. The van der Waals surface area contributed by atoms with E-state index in [-0.39, 0.29) is 28.0 Å². The van der Waals surface area contributed by atoms with Gasteiger partial charge in [-0.15, -0.1) is 0 Å². The lowest BCUT2D eigenvalue weighted by molar-refractivity contribution is 0.0537. The molecule has 0 atom stereocenters. The third kappa shape index (κ3) is 3.92. The number of hydrogen-bond donors (Lipinski definition) is 1. The average molecular weight is 404 g/mol. The lowest BCUT2D eigenvalue weighted by Gasteiger charge is -2.10. The van der Waals surface area contributed by atoms with Crippen molar-refractivity contribution in [3.05, 3.63) is 65.5 Å². The van der Waals surface area contributed by atoms with Crippen molar-refractivity contribution in [3.63, 3.8) is 0 Å². The van der Waals surface area contributed by atoms with E-state index in [0.717, 1.165) is 24.5 Å². The van der Waals surface area contributed by atoms with Crippen LogP contribution in [-0.2, 0) is 6.54 Å². The second-order valence-corrected chi connectivity index (χ2v) is 5.62. The first kappa shape index (κ1) is 19.6. The fraction of sp³-hybridized carbons (Fsp3) is 0.176. The van der Waals surface area contributed by atoms with Gasteiger partial charge >= 0.3 is 6.55 Å². The maximum absolute atomic E-state index is 14.4. The maximum atomic E-state index is 14.4. The quantitative estimate of drug-likeness (QED) is 0.567. The van der Waals surface area contributed by atoms with Gasteiger partial charge in [0.2, 0.25) is 0 Å². The number of rotatable bonds is 6. The zero-order valence-electron chi connectivity index (χ0n) is 13.8. The van der Waals surface area contributed by atoms with E-state index in [4.69, 9.17) is 0 Å². The van der Waals surface area contributed by atoms with Gasteiger partial charge in [0.25, 0.3) is 6.43 Å². The number of aromatic nitrogens is 3. The minimum Gasteiger partial charge on any atom is -0.381 e. The summed E-state index contributed by atoms with van der Waals surface area (Å²) in [5, 5.41) is 5.68. The van der Waals surface area contributed by atoms with Crippen LogP contribution in [0.4, 0.5) is 36.4 Å². The molecular weight excluding hydrogens is 393 g/mol. The van der Waals surface area contributed by atoms with Gasteiger partial charge < -0.3 is 5.32 Å². The highest BCUT2D eigenvalue weighted by Crippen LogP contribution is 2.34. The maximum Gasteiger partial charge on any atom is 0.333 e. The van der Waals surface area contributed by atoms with Crippen LogP contribution in [0.1, 0.15) is 24.2 Å². The Bertz CT molecular complexity index is 967. The smallest absolute Gasteiger partial charge is 0.333 e. The van der Waals surface area contributed by atoms with Gasteiger partial charge in [-0.2, -0.15) is 13.9 Å². The van der Waals surface area contributed by atoms with Crippen molar-refractivity contribution < 1.29 is 30.7 Å². The van der Waals surface area contributed by atoms with Crippen LogP contribution in [-0.4, -0.2) is 14.8 Å². The van der Waals surface area contributed by atoms with E-state index < -0.39 is 41.7 Å². The van der Waals surface area contributed by atoms with Gasteiger partial charge in [0.15, 0.2) is 0 Å². The lowest BCUT2D eigenvalue weighted by atomic mass is 10.1. The van der Waals surface area contributed by atoms with Crippen molar-refractivity contribution in [2.24, 2.45) is 0 Å². The molecule has 2 heterocycles. The number of alkyl halides is 4. The lowest BCUT2D eigenvalue weighted by Crippen LogP contribution is -2.05. The van der Waals surface area contributed by atoms with Crippen LogP contribution in [0.25, 0.3) is 11.1 Å². The van der Waals surface area contributed by atoms with E-state index in [1.165, 1.54) is 6.07 Å². The Labute approximate surface area is 153 Å². The standard InChI is InChI=1S/C17H11F7N4/c18-12-3-8(26-4-10-13(19)5-25-6-14(10)20)1-2-9(12)11-7-28(17(23)24)27-15(11)16(21)22/h1-3,5-7,16-17,26H,4H2. The van der Waals surface area contributed by atoms with Crippen molar-refractivity contribution in [3.8, 4) is 11.1 Å². The fourth-order valence-electron chi connectivity index (χ4n) is 2.52. The zero-order chi connectivity index (χ0) is 20.4. The molecule has 0 unspecified atom stereocenters.